The Hall–Kier alpha value is -2.32. The van der Waals surface area contributed by atoms with Gasteiger partial charge >= 0.3 is 0 Å². The van der Waals surface area contributed by atoms with E-state index in [2.05, 4.69) is 48.5 Å². The molecule has 1 heterocycles. The van der Waals surface area contributed by atoms with E-state index in [0.717, 1.165) is 33.3 Å². The van der Waals surface area contributed by atoms with Crippen molar-refractivity contribution in [1.82, 2.24) is 4.57 Å². The van der Waals surface area contributed by atoms with Crippen molar-refractivity contribution >= 4 is 23.5 Å². The molecule has 0 bridgehead atoms. The van der Waals surface area contributed by atoms with Gasteiger partial charge in [-0.3, -0.25) is 4.99 Å². The van der Waals surface area contributed by atoms with Crippen LogP contribution in [0.3, 0.4) is 0 Å². The molecule has 1 aromatic heterocycles. The lowest BCUT2D eigenvalue weighted by Gasteiger charge is -2.09. The summed E-state index contributed by atoms with van der Waals surface area (Å²) in [5, 5.41) is 0.741. The second-order valence-electron chi connectivity index (χ2n) is 5.69. The summed E-state index contributed by atoms with van der Waals surface area (Å²) < 4.78 is 2.20. The van der Waals surface area contributed by atoms with Crippen LogP contribution in [0.1, 0.15) is 22.5 Å². The van der Waals surface area contributed by atoms with Gasteiger partial charge in [0.15, 0.2) is 0 Å². The van der Waals surface area contributed by atoms with Gasteiger partial charge in [0.2, 0.25) is 0 Å². The van der Waals surface area contributed by atoms with Crippen molar-refractivity contribution in [3.05, 3.63) is 82.1 Å². The molecule has 2 aromatic carbocycles. The molecule has 2 nitrogen and oxygen atoms in total. The first-order valence-electron chi connectivity index (χ1n) is 7.61. The van der Waals surface area contributed by atoms with Crippen LogP contribution in [0.4, 0.5) is 5.69 Å². The van der Waals surface area contributed by atoms with Gasteiger partial charge in [0.1, 0.15) is 0 Å². The van der Waals surface area contributed by atoms with E-state index in [1.54, 1.807) is 0 Å². The van der Waals surface area contributed by atoms with Gasteiger partial charge in [-0.15, -0.1) is 0 Å². The Morgan fingerprint density at radius 2 is 1.74 bits per heavy atom. The number of aromatic nitrogens is 1. The molecule has 116 valence electrons. The van der Waals surface area contributed by atoms with Crippen LogP contribution >= 0.6 is 11.6 Å². The maximum atomic E-state index is 6.13. The minimum absolute atomic E-state index is 0.741. The van der Waals surface area contributed by atoms with Crippen LogP contribution in [-0.2, 0) is 0 Å². The molecule has 0 radical (unpaired) electrons. The monoisotopic (exact) mass is 322 g/mol. The Morgan fingerprint density at radius 3 is 2.48 bits per heavy atom. The summed E-state index contributed by atoms with van der Waals surface area (Å²) in [6.07, 6.45) is 1.94. The molecule has 0 fully saturated rings. The van der Waals surface area contributed by atoms with E-state index in [9.17, 15) is 0 Å². The zero-order chi connectivity index (χ0) is 16.4. The van der Waals surface area contributed by atoms with Crippen LogP contribution in [0, 0.1) is 20.8 Å². The van der Waals surface area contributed by atoms with Gasteiger partial charge in [0, 0.05) is 33.9 Å². The third-order valence-electron chi connectivity index (χ3n) is 3.99. The van der Waals surface area contributed by atoms with E-state index >= 15 is 0 Å². The van der Waals surface area contributed by atoms with Gasteiger partial charge in [0.25, 0.3) is 0 Å². The topological polar surface area (TPSA) is 17.3 Å². The maximum absolute atomic E-state index is 6.13. The van der Waals surface area contributed by atoms with Crippen molar-refractivity contribution in [2.75, 3.05) is 0 Å². The first-order valence-corrected chi connectivity index (χ1v) is 7.98. The van der Waals surface area contributed by atoms with Gasteiger partial charge in [-0.2, -0.15) is 0 Å². The molecule has 3 rings (SSSR count). The minimum atomic E-state index is 0.741. The number of rotatable bonds is 3. The normalized spacial score (nSPS) is 11.3. The van der Waals surface area contributed by atoms with E-state index in [0.29, 0.717) is 0 Å². The van der Waals surface area contributed by atoms with Crippen molar-refractivity contribution in [1.29, 1.82) is 0 Å². The minimum Gasteiger partial charge on any atom is -0.318 e. The highest BCUT2D eigenvalue weighted by Crippen LogP contribution is 2.23. The van der Waals surface area contributed by atoms with Crippen LogP contribution in [0.15, 0.2) is 59.6 Å². The van der Waals surface area contributed by atoms with Crippen LogP contribution in [0.2, 0.25) is 5.02 Å². The third kappa shape index (κ3) is 3.22. The predicted molar refractivity (Wildman–Crippen MR) is 98.7 cm³/mol. The van der Waals surface area contributed by atoms with Gasteiger partial charge in [-0.25, -0.2) is 0 Å². The Bertz CT molecular complexity index is 875. The first kappa shape index (κ1) is 15.6. The van der Waals surface area contributed by atoms with Gasteiger partial charge in [0.05, 0.1) is 5.69 Å². The Balaban J connectivity index is 2.00. The van der Waals surface area contributed by atoms with Crippen LogP contribution in [-0.4, -0.2) is 10.8 Å². The van der Waals surface area contributed by atoms with Crippen molar-refractivity contribution < 1.29 is 0 Å². The molecule has 0 aliphatic rings. The van der Waals surface area contributed by atoms with Crippen LogP contribution < -0.4 is 0 Å². The Kier molecular flexibility index (Phi) is 4.35. The van der Waals surface area contributed by atoms with E-state index in [4.69, 9.17) is 11.6 Å². The number of hydrogen-bond donors (Lipinski definition) is 0. The molecule has 23 heavy (non-hydrogen) atoms. The summed E-state index contributed by atoms with van der Waals surface area (Å²) in [6, 6.07) is 18.2. The molecule has 0 unspecified atom stereocenters. The lowest BCUT2D eigenvalue weighted by Crippen LogP contribution is -1.99. The quantitative estimate of drug-likeness (QED) is 0.542. The van der Waals surface area contributed by atoms with Crippen molar-refractivity contribution in [3.63, 3.8) is 0 Å². The molecule has 0 spiro atoms. The van der Waals surface area contributed by atoms with Crippen LogP contribution in [0.5, 0.6) is 0 Å². The predicted octanol–water partition coefficient (Wildman–Crippen LogP) is 5.81. The number of hydrogen-bond acceptors (Lipinski definition) is 1. The lowest BCUT2D eigenvalue weighted by molar-refractivity contribution is 0.965. The van der Waals surface area contributed by atoms with E-state index in [-0.39, 0.29) is 0 Å². The zero-order valence-electron chi connectivity index (χ0n) is 13.5. The number of para-hydroxylation sites is 1. The van der Waals surface area contributed by atoms with E-state index in [1.807, 2.05) is 42.6 Å². The number of benzene rings is 2. The summed E-state index contributed by atoms with van der Waals surface area (Å²) in [6.45, 7) is 6.27. The molecule has 0 N–H and O–H groups in total. The van der Waals surface area contributed by atoms with Gasteiger partial charge < -0.3 is 4.57 Å². The highest BCUT2D eigenvalue weighted by molar-refractivity contribution is 6.30. The molecule has 0 amide bonds. The fourth-order valence-electron chi connectivity index (χ4n) is 2.78. The summed E-state index contributed by atoms with van der Waals surface area (Å²) >= 11 is 6.13. The van der Waals surface area contributed by atoms with Crippen molar-refractivity contribution in [3.8, 4) is 5.69 Å². The van der Waals surface area contributed by atoms with E-state index < -0.39 is 0 Å². The second kappa shape index (κ2) is 6.43. The lowest BCUT2D eigenvalue weighted by atomic mass is 10.2. The molecule has 0 saturated heterocycles. The average Bonchev–Trinajstić information content (AvgIpc) is 2.81. The molecule has 0 aliphatic carbocycles. The third-order valence-corrected chi connectivity index (χ3v) is 4.23. The van der Waals surface area contributed by atoms with Crippen molar-refractivity contribution in [2.45, 2.75) is 20.8 Å². The highest BCUT2D eigenvalue weighted by atomic mass is 35.5. The number of aliphatic imine (C=N–C) groups is 1. The number of nitrogens with zero attached hydrogens (tertiary/aromatic N) is 2. The standard InChI is InChI=1S/C20H19ClN2/c1-14-7-4-5-10-20(14)22-13-17-11-15(2)23(16(17)3)19-9-6-8-18(21)12-19/h4-13H,1-3H3. The highest BCUT2D eigenvalue weighted by Gasteiger charge is 2.09. The average molecular weight is 323 g/mol. The fraction of sp³-hybridized carbons (Fsp3) is 0.150. The second-order valence-corrected chi connectivity index (χ2v) is 6.12. The smallest absolute Gasteiger partial charge is 0.0659 e. The molecule has 0 atom stereocenters. The van der Waals surface area contributed by atoms with E-state index in [1.165, 1.54) is 5.56 Å². The Morgan fingerprint density at radius 1 is 0.957 bits per heavy atom. The zero-order valence-corrected chi connectivity index (χ0v) is 14.3. The molecule has 3 aromatic rings. The number of halogens is 1. The first-order chi connectivity index (χ1) is 11.1. The molecule has 3 heteroatoms. The summed E-state index contributed by atoms with van der Waals surface area (Å²) in [5.74, 6) is 0. The maximum Gasteiger partial charge on any atom is 0.0659 e. The van der Waals surface area contributed by atoms with Gasteiger partial charge in [-0.1, -0.05) is 35.9 Å². The fourth-order valence-corrected chi connectivity index (χ4v) is 2.96. The van der Waals surface area contributed by atoms with Crippen molar-refractivity contribution in [2.24, 2.45) is 4.99 Å². The van der Waals surface area contributed by atoms with Gasteiger partial charge in [-0.05, 0) is 56.7 Å². The SMILES string of the molecule is Cc1ccccc1N=Cc1cc(C)n(-c2cccc(Cl)c2)c1C. The Labute approximate surface area is 142 Å². The summed E-state index contributed by atoms with van der Waals surface area (Å²) in [4.78, 5) is 4.64. The molecule has 0 saturated carbocycles. The van der Waals surface area contributed by atoms with Crippen LogP contribution in [0.25, 0.3) is 5.69 Å². The number of aryl methyl sites for hydroxylation is 2. The molecular weight excluding hydrogens is 304 g/mol. The molecular formula is C20H19ClN2. The largest absolute Gasteiger partial charge is 0.318 e. The summed E-state index contributed by atoms with van der Waals surface area (Å²) in [7, 11) is 0. The summed E-state index contributed by atoms with van der Waals surface area (Å²) in [5.41, 5.74) is 6.68. The molecule has 0 aliphatic heterocycles.